The zero-order chi connectivity index (χ0) is 22.1. The molecule has 1 amide bonds. The van der Waals surface area contributed by atoms with E-state index in [1.807, 2.05) is 24.0 Å². The lowest BCUT2D eigenvalue weighted by Gasteiger charge is -2.29. The van der Waals surface area contributed by atoms with E-state index in [2.05, 4.69) is 50.2 Å². The Labute approximate surface area is 196 Å². The van der Waals surface area contributed by atoms with Gasteiger partial charge in [-0.05, 0) is 48.9 Å². The van der Waals surface area contributed by atoms with Gasteiger partial charge in [-0.2, -0.15) is 0 Å². The van der Waals surface area contributed by atoms with Crippen LogP contribution in [-0.2, 0) is 22.5 Å². The van der Waals surface area contributed by atoms with Gasteiger partial charge in [0.05, 0.1) is 24.2 Å². The van der Waals surface area contributed by atoms with Gasteiger partial charge in [-0.3, -0.25) is 9.36 Å². The SMILES string of the molecule is Cc1ccccc1-n1c(SC(C)C(=O)N2CCc3sccc3C2)nnc1N1CCOCC1. The topological polar surface area (TPSA) is 63.5 Å². The second-order valence-corrected chi connectivity index (χ2v) is 10.5. The summed E-state index contributed by atoms with van der Waals surface area (Å²) in [7, 11) is 0. The summed E-state index contributed by atoms with van der Waals surface area (Å²) >= 11 is 3.28. The molecule has 2 aliphatic heterocycles. The number of para-hydroxylation sites is 1. The molecule has 0 bridgehead atoms. The Morgan fingerprint density at radius 2 is 1.97 bits per heavy atom. The van der Waals surface area contributed by atoms with Crippen molar-refractivity contribution < 1.29 is 9.53 Å². The first-order chi connectivity index (χ1) is 15.6. The number of morpholine rings is 1. The standard InChI is InChI=1S/C23H27N5O2S2/c1-16-5-3-4-6-19(16)28-22(26-10-12-30-13-11-26)24-25-23(28)32-17(2)21(29)27-9-7-20-18(15-27)8-14-31-20/h3-6,8,14,17H,7,9-13,15H2,1-2H3. The van der Waals surface area contributed by atoms with Crippen molar-refractivity contribution in [3.63, 3.8) is 0 Å². The molecule has 0 saturated carbocycles. The van der Waals surface area contributed by atoms with Gasteiger partial charge in [0.25, 0.3) is 0 Å². The van der Waals surface area contributed by atoms with E-state index in [1.54, 1.807) is 11.3 Å². The van der Waals surface area contributed by atoms with Crippen LogP contribution in [0.15, 0.2) is 40.9 Å². The number of aryl methyl sites for hydroxylation is 1. The van der Waals surface area contributed by atoms with Gasteiger partial charge in [-0.25, -0.2) is 0 Å². The van der Waals surface area contributed by atoms with Gasteiger partial charge in [0.1, 0.15) is 0 Å². The lowest BCUT2D eigenvalue weighted by atomic mass is 10.1. The van der Waals surface area contributed by atoms with Gasteiger partial charge in [-0.1, -0.05) is 30.0 Å². The minimum absolute atomic E-state index is 0.152. The van der Waals surface area contributed by atoms with Crippen LogP contribution in [0.25, 0.3) is 5.69 Å². The number of rotatable bonds is 5. The van der Waals surface area contributed by atoms with Gasteiger partial charge >= 0.3 is 0 Å². The fraction of sp³-hybridized carbons (Fsp3) is 0.435. The molecule has 0 radical (unpaired) electrons. The quantitative estimate of drug-likeness (QED) is 0.533. The number of benzene rings is 1. The largest absolute Gasteiger partial charge is 0.378 e. The number of fused-ring (bicyclic) bond motifs is 1. The number of thioether (sulfide) groups is 1. The predicted octanol–water partition coefficient (Wildman–Crippen LogP) is 3.54. The molecule has 32 heavy (non-hydrogen) atoms. The third-order valence-electron chi connectivity index (χ3n) is 6.02. The third kappa shape index (κ3) is 4.16. The van der Waals surface area contributed by atoms with Crippen LogP contribution in [0.2, 0.25) is 0 Å². The lowest BCUT2D eigenvalue weighted by molar-refractivity contribution is -0.131. The molecule has 1 atom stereocenters. The average molecular weight is 470 g/mol. The molecule has 2 aromatic heterocycles. The number of ether oxygens (including phenoxy) is 1. The summed E-state index contributed by atoms with van der Waals surface area (Å²) < 4.78 is 7.63. The zero-order valence-corrected chi connectivity index (χ0v) is 20.0. The highest BCUT2D eigenvalue weighted by molar-refractivity contribution is 8.00. The summed E-state index contributed by atoms with van der Waals surface area (Å²) in [6.45, 7) is 8.46. The van der Waals surface area contributed by atoms with Gasteiger partial charge in [-0.15, -0.1) is 21.5 Å². The Morgan fingerprint density at radius 3 is 2.78 bits per heavy atom. The van der Waals surface area contributed by atoms with Crippen molar-refractivity contribution in [3.8, 4) is 5.69 Å². The van der Waals surface area contributed by atoms with Crippen molar-refractivity contribution in [2.24, 2.45) is 0 Å². The smallest absolute Gasteiger partial charge is 0.236 e. The maximum absolute atomic E-state index is 13.3. The first kappa shape index (κ1) is 21.5. The van der Waals surface area contributed by atoms with Gasteiger partial charge in [0, 0.05) is 31.1 Å². The summed E-state index contributed by atoms with van der Waals surface area (Å²) in [6.07, 6.45) is 0.941. The van der Waals surface area contributed by atoms with Crippen LogP contribution in [0.5, 0.6) is 0 Å². The molecule has 1 fully saturated rings. The minimum atomic E-state index is -0.250. The van der Waals surface area contributed by atoms with Crippen LogP contribution in [0.3, 0.4) is 0 Å². The number of nitrogens with zero attached hydrogens (tertiary/aromatic N) is 5. The Kier molecular flexibility index (Phi) is 6.21. The van der Waals surface area contributed by atoms with Crippen LogP contribution in [0.4, 0.5) is 5.95 Å². The molecule has 0 N–H and O–H groups in total. The normalized spacial score (nSPS) is 17.3. The van der Waals surface area contributed by atoms with Crippen molar-refractivity contribution in [2.45, 2.75) is 37.2 Å². The van der Waals surface area contributed by atoms with E-state index in [1.165, 1.54) is 22.2 Å². The Bertz CT molecular complexity index is 1110. The van der Waals surface area contributed by atoms with Crippen molar-refractivity contribution in [1.82, 2.24) is 19.7 Å². The minimum Gasteiger partial charge on any atom is -0.378 e. The molecule has 9 heteroatoms. The van der Waals surface area contributed by atoms with E-state index in [-0.39, 0.29) is 11.2 Å². The number of carbonyl (C=O) groups is 1. The second kappa shape index (κ2) is 9.25. The van der Waals surface area contributed by atoms with E-state index in [0.717, 1.165) is 48.4 Å². The van der Waals surface area contributed by atoms with Crippen molar-refractivity contribution >= 4 is 35.0 Å². The van der Waals surface area contributed by atoms with Crippen molar-refractivity contribution in [3.05, 3.63) is 51.7 Å². The predicted molar refractivity (Wildman–Crippen MR) is 128 cm³/mol. The average Bonchev–Trinajstić information content (AvgIpc) is 3.46. The number of thiophene rings is 1. The summed E-state index contributed by atoms with van der Waals surface area (Å²) in [5, 5.41) is 11.7. The van der Waals surface area contributed by atoms with Crippen LogP contribution in [0, 0.1) is 6.92 Å². The molecule has 7 nitrogen and oxygen atoms in total. The maximum atomic E-state index is 13.3. The molecule has 4 heterocycles. The number of aromatic nitrogens is 3. The monoisotopic (exact) mass is 469 g/mol. The number of amides is 1. The highest BCUT2D eigenvalue weighted by Gasteiger charge is 2.29. The lowest BCUT2D eigenvalue weighted by Crippen LogP contribution is -2.39. The van der Waals surface area contributed by atoms with E-state index in [9.17, 15) is 4.79 Å². The first-order valence-corrected chi connectivity index (χ1v) is 12.7. The Morgan fingerprint density at radius 1 is 1.16 bits per heavy atom. The molecule has 1 saturated heterocycles. The molecule has 3 aromatic rings. The van der Waals surface area contributed by atoms with Crippen LogP contribution in [0.1, 0.15) is 22.9 Å². The number of hydrogen-bond donors (Lipinski definition) is 0. The molecule has 0 aliphatic carbocycles. The Balaban J connectivity index is 1.41. The molecule has 1 aromatic carbocycles. The van der Waals surface area contributed by atoms with E-state index in [4.69, 9.17) is 4.74 Å². The highest BCUT2D eigenvalue weighted by atomic mass is 32.2. The Hall–Kier alpha value is -2.36. The van der Waals surface area contributed by atoms with Crippen molar-refractivity contribution in [1.29, 1.82) is 0 Å². The summed E-state index contributed by atoms with van der Waals surface area (Å²) in [5.41, 5.74) is 3.47. The number of carbonyl (C=O) groups excluding carboxylic acids is 1. The van der Waals surface area contributed by atoms with Gasteiger partial charge in [0.2, 0.25) is 11.9 Å². The van der Waals surface area contributed by atoms with E-state index < -0.39 is 0 Å². The maximum Gasteiger partial charge on any atom is 0.236 e. The molecule has 0 spiro atoms. The summed E-state index contributed by atoms with van der Waals surface area (Å²) in [5.74, 6) is 0.963. The van der Waals surface area contributed by atoms with Crippen molar-refractivity contribution in [2.75, 3.05) is 37.7 Å². The summed E-state index contributed by atoms with van der Waals surface area (Å²) in [4.78, 5) is 18.9. The van der Waals surface area contributed by atoms with Gasteiger partial charge < -0.3 is 14.5 Å². The zero-order valence-electron chi connectivity index (χ0n) is 18.4. The van der Waals surface area contributed by atoms with E-state index >= 15 is 0 Å². The van der Waals surface area contributed by atoms with Gasteiger partial charge in [0.15, 0.2) is 5.16 Å². The highest BCUT2D eigenvalue weighted by Crippen LogP contribution is 2.32. The molecule has 5 rings (SSSR count). The molecular weight excluding hydrogens is 442 g/mol. The molecule has 1 unspecified atom stereocenters. The fourth-order valence-electron chi connectivity index (χ4n) is 4.23. The third-order valence-corrected chi connectivity index (χ3v) is 8.07. The molecule has 168 valence electrons. The molecular formula is C23H27N5O2S2. The van der Waals surface area contributed by atoms with Crippen LogP contribution >= 0.6 is 23.1 Å². The van der Waals surface area contributed by atoms with E-state index in [0.29, 0.717) is 19.8 Å². The first-order valence-electron chi connectivity index (χ1n) is 11.0. The number of hydrogen-bond acceptors (Lipinski definition) is 7. The number of anilines is 1. The summed E-state index contributed by atoms with van der Waals surface area (Å²) in [6, 6.07) is 10.4. The fourth-order valence-corrected chi connectivity index (χ4v) is 6.06. The second-order valence-electron chi connectivity index (χ2n) is 8.14. The van der Waals surface area contributed by atoms with Crippen LogP contribution in [-0.4, -0.2) is 63.7 Å². The van der Waals surface area contributed by atoms with Crippen LogP contribution < -0.4 is 4.90 Å². The molecule has 2 aliphatic rings.